The van der Waals surface area contributed by atoms with E-state index in [0.29, 0.717) is 22.6 Å². The normalized spacial score (nSPS) is 9.81. The highest BCUT2D eigenvalue weighted by Crippen LogP contribution is 2.19. The van der Waals surface area contributed by atoms with Gasteiger partial charge in [-0.2, -0.15) is 5.26 Å². The summed E-state index contributed by atoms with van der Waals surface area (Å²) in [6, 6.07) is 15.4. The van der Waals surface area contributed by atoms with E-state index < -0.39 is 0 Å². The second-order valence-corrected chi connectivity index (χ2v) is 5.89. The van der Waals surface area contributed by atoms with Gasteiger partial charge < -0.3 is 15.5 Å². The summed E-state index contributed by atoms with van der Waals surface area (Å²) < 4.78 is 0. The highest BCUT2D eigenvalue weighted by Gasteiger charge is 2.14. The van der Waals surface area contributed by atoms with E-state index in [-0.39, 0.29) is 30.7 Å². The molecule has 0 saturated carbocycles. The van der Waals surface area contributed by atoms with Crippen LogP contribution >= 0.6 is 0 Å². The van der Waals surface area contributed by atoms with Crippen LogP contribution in [0.15, 0.2) is 48.5 Å². The maximum absolute atomic E-state index is 12.2. The van der Waals surface area contributed by atoms with Crippen molar-refractivity contribution < 1.29 is 14.4 Å². The standard InChI is InChI=1S/C20H20N4O3/c1-14(25)22-17-6-8-19(9-7-17)24(15(2)26)11-10-20(27)23-18-5-3-4-16(12-18)13-21/h3-9,12H,10-11H2,1-2H3,(H,22,25)(H,23,27). The first-order chi connectivity index (χ1) is 12.9. The SMILES string of the molecule is CC(=O)Nc1ccc(N(CCC(=O)Nc2cccc(C#N)c2)C(C)=O)cc1. The number of anilines is 3. The summed E-state index contributed by atoms with van der Waals surface area (Å²) in [5.41, 5.74) is 2.26. The highest BCUT2D eigenvalue weighted by atomic mass is 16.2. The number of carbonyl (C=O) groups is 3. The first kappa shape index (κ1) is 19.7. The molecule has 0 saturated heterocycles. The minimum Gasteiger partial charge on any atom is -0.326 e. The van der Waals surface area contributed by atoms with Crippen molar-refractivity contribution in [3.8, 4) is 6.07 Å². The number of benzene rings is 2. The highest BCUT2D eigenvalue weighted by molar-refractivity contribution is 5.95. The summed E-state index contributed by atoms with van der Waals surface area (Å²) in [5, 5.41) is 14.3. The van der Waals surface area contributed by atoms with Crippen molar-refractivity contribution in [1.82, 2.24) is 0 Å². The van der Waals surface area contributed by atoms with E-state index in [4.69, 9.17) is 5.26 Å². The van der Waals surface area contributed by atoms with E-state index in [2.05, 4.69) is 10.6 Å². The van der Waals surface area contributed by atoms with Crippen LogP contribution in [0.1, 0.15) is 25.8 Å². The monoisotopic (exact) mass is 364 g/mol. The minimum absolute atomic E-state index is 0.101. The van der Waals surface area contributed by atoms with Crippen LogP contribution in [0.2, 0.25) is 0 Å². The zero-order valence-corrected chi connectivity index (χ0v) is 15.2. The second kappa shape index (κ2) is 9.15. The number of rotatable bonds is 6. The fraction of sp³-hybridized carbons (Fsp3) is 0.200. The molecule has 0 heterocycles. The summed E-state index contributed by atoms with van der Waals surface area (Å²) in [6.07, 6.45) is 0.101. The van der Waals surface area contributed by atoms with E-state index in [1.165, 1.54) is 18.7 Å². The van der Waals surface area contributed by atoms with Gasteiger partial charge in [0, 0.05) is 43.9 Å². The van der Waals surface area contributed by atoms with Crippen LogP contribution < -0.4 is 15.5 Å². The fourth-order valence-corrected chi connectivity index (χ4v) is 2.50. The third kappa shape index (κ3) is 5.97. The molecular weight excluding hydrogens is 344 g/mol. The summed E-state index contributed by atoms with van der Waals surface area (Å²) in [7, 11) is 0. The third-order valence-electron chi connectivity index (χ3n) is 3.72. The predicted molar refractivity (Wildman–Crippen MR) is 103 cm³/mol. The molecule has 2 rings (SSSR count). The zero-order chi connectivity index (χ0) is 19.8. The molecule has 0 aromatic heterocycles. The summed E-state index contributed by atoms with van der Waals surface area (Å²) in [4.78, 5) is 36.7. The third-order valence-corrected chi connectivity index (χ3v) is 3.72. The van der Waals surface area contributed by atoms with Crippen LogP contribution in [0.4, 0.5) is 17.1 Å². The lowest BCUT2D eigenvalue weighted by Crippen LogP contribution is -2.31. The van der Waals surface area contributed by atoms with E-state index in [1.807, 2.05) is 6.07 Å². The number of nitriles is 1. The average molecular weight is 364 g/mol. The van der Waals surface area contributed by atoms with Crippen molar-refractivity contribution in [2.24, 2.45) is 0 Å². The average Bonchev–Trinajstić information content (AvgIpc) is 2.62. The van der Waals surface area contributed by atoms with Gasteiger partial charge in [0.1, 0.15) is 0 Å². The summed E-state index contributed by atoms with van der Waals surface area (Å²) in [5.74, 6) is -0.629. The first-order valence-electron chi connectivity index (χ1n) is 8.35. The molecule has 0 radical (unpaired) electrons. The molecule has 0 aliphatic rings. The van der Waals surface area contributed by atoms with Crippen molar-refractivity contribution >= 4 is 34.8 Å². The molecule has 2 N–H and O–H groups in total. The van der Waals surface area contributed by atoms with Crippen molar-refractivity contribution in [3.63, 3.8) is 0 Å². The Morgan fingerprint density at radius 1 is 1.00 bits per heavy atom. The molecule has 0 aliphatic heterocycles. The molecule has 7 nitrogen and oxygen atoms in total. The Bertz CT molecular complexity index is 885. The van der Waals surface area contributed by atoms with Crippen LogP contribution in [0.25, 0.3) is 0 Å². The molecule has 27 heavy (non-hydrogen) atoms. The Labute approximate surface area is 157 Å². The molecule has 2 aromatic rings. The number of hydrogen-bond acceptors (Lipinski definition) is 4. The van der Waals surface area contributed by atoms with E-state index in [9.17, 15) is 14.4 Å². The van der Waals surface area contributed by atoms with Crippen LogP contribution in [-0.4, -0.2) is 24.3 Å². The zero-order valence-electron chi connectivity index (χ0n) is 15.2. The number of hydrogen-bond donors (Lipinski definition) is 2. The van der Waals surface area contributed by atoms with Gasteiger partial charge in [-0.3, -0.25) is 14.4 Å². The lowest BCUT2D eigenvalue weighted by Gasteiger charge is -2.21. The molecule has 2 aromatic carbocycles. The van der Waals surface area contributed by atoms with Crippen LogP contribution in [0.5, 0.6) is 0 Å². The van der Waals surface area contributed by atoms with Crippen molar-refractivity contribution in [2.75, 3.05) is 22.1 Å². The van der Waals surface area contributed by atoms with Gasteiger partial charge in [-0.15, -0.1) is 0 Å². The van der Waals surface area contributed by atoms with E-state index in [0.717, 1.165) is 0 Å². The number of amides is 3. The van der Waals surface area contributed by atoms with Crippen LogP contribution in [-0.2, 0) is 14.4 Å². The topological polar surface area (TPSA) is 102 Å². The Balaban J connectivity index is 1.99. The van der Waals surface area contributed by atoms with Gasteiger partial charge in [0.2, 0.25) is 17.7 Å². The second-order valence-electron chi connectivity index (χ2n) is 5.89. The van der Waals surface area contributed by atoms with Crippen molar-refractivity contribution in [3.05, 3.63) is 54.1 Å². The summed E-state index contributed by atoms with van der Waals surface area (Å²) in [6.45, 7) is 3.05. The molecule has 0 bridgehead atoms. The molecule has 3 amide bonds. The van der Waals surface area contributed by atoms with Crippen molar-refractivity contribution in [1.29, 1.82) is 5.26 Å². The maximum atomic E-state index is 12.2. The number of nitrogens with zero attached hydrogens (tertiary/aromatic N) is 2. The van der Waals surface area contributed by atoms with Gasteiger partial charge in [-0.25, -0.2) is 0 Å². The van der Waals surface area contributed by atoms with Gasteiger partial charge in [0.05, 0.1) is 11.6 Å². The largest absolute Gasteiger partial charge is 0.326 e. The molecule has 7 heteroatoms. The van der Waals surface area contributed by atoms with Crippen LogP contribution in [0.3, 0.4) is 0 Å². The number of nitrogens with one attached hydrogen (secondary N) is 2. The smallest absolute Gasteiger partial charge is 0.226 e. The molecule has 0 atom stereocenters. The predicted octanol–water partition coefficient (Wildman–Crippen LogP) is 2.90. The van der Waals surface area contributed by atoms with Crippen molar-refractivity contribution in [2.45, 2.75) is 20.3 Å². The van der Waals surface area contributed by atoms with Gasteiger partial charge in [0.25, 0.3) is 0 Å². The Hall–Kier alpha value is -3.66. The molecule has 0 unspecified atom stereocenters. The molecule has 138 valence electrons. The molecule has 0 spiro atoms. The van der Waals surface area contributed by atoms with Gasteiger partial charge in [0.15, 0.2) is 0 Å². The lowest BCUT2D eigenvalue weighted by molar-refractivity contribution is -0.117. The Morgan fingerprint density at radius 2 is 1.70 bits per heavy atom. The quantitative estimate of drug-likeness (QED) is 0.822. The van der Waals surface area contributed by atoms with Gasteiger partial charge in [-0.05, 0) is 42.5 Å². The van der Waals surface area contributed by atoms with Gasteiger partial charge in [-0.1, -0.05) is 6.07 Å². The Morgan fingerprint density at radius 3 is 2.30 bits per heavy atom. The fourth-order valence-electron chi connectivity index (χ4n) is 2.50. The summed E-state index contributed by atoms with van der Waals surface area (Å²) >= 11 is 0. The van der Waals surface area contributed by atoms with E-state index in [1.54, 1.807) is 48.5 Å². The van der Waals surface area contributed by atoms with E-state index >= 15 is 0 Å². The maximum Gasteiger partial charge on any atom is 0.226 e. The lowest BCUT2D eigenvalue weighted by atomic mass is 10.2. The first-order valence-corrected chi connectivity index (χ1v) is 8.35. The minimum atomic E-state index is -0.258. The molecule has 0 aliphatic carbocycles. The van der Waals surface area contributed by atoms with Crippen LogP contribution in [0, 0.1) is 11.3 Å². The van der Waals surface area contributed by atoms with Gasteiger partial charge >= 0.3 is 0 Å². The Kier molecular flexibility index (Phi) is 6.67. The number of carbonyl (C=O) groups excluding carboxylic acids is 3. The molecule has 0 fully saturated rings. The molecular formula is C20H20N4O3.